The Morgan fingerprint density at radius 3 is 2.73 bits per heavy atom. The van der Waals surface area contributed by atoms with Crippen molar-refractivity contribution in [1.82, 2.24) is 9.97 Å². The summed E-state index contributed by atoms with van der Waals surface area (Å²) in [5.41, 5.74) is 0.927. The van der Waals surface area contributed by atoms with Crippen molar-refractivity contribution in [2.75, 3.05) is 30.9 Å². The zero-order valence-electron chi connectivity index (χ0n) is 14.4. The maximum absolute atomic E-state index is 12.4. The molecule has 0 spiro atoms. The maximum atomic E-state index is 12.4. The number of methoxy groups -OCH3 is 1. The third kappa shape index (κ3) is 4.34. The van der Waals surface area contributed by atoms with Gasteiger partial charge in [-0.15, -0.1) is 0 Å². The number of anilines is 2. The van der Waals surface area contributed by atoms with Crippen LogP contribution in [-0.4, -0.2) is 48.2 Å². The molecular weight excluding hydrogens is 336 g/mol. The van der Waals surface area contributed by atoms with E-state index in [-0.39, 0.29) is 17.2 Å². The van der Waals surface area contributed by atoms with Crippen LogP contribution in [0.2, 0.25) is 0 Å². The predicted octanol–water partition coefficient (Wildman–Crippen LogP) is 2.11. The molecule has 1 aromatic heterocycles. The van der Waals surface area contributed by atoms with Gasteiger partial charge in [-0.1, -0.05) is 12.1 Å². The Morgan fingerprint density at radius 1 is 1.27 bits per heavy atom. The second kappa shape index (κ2) is 8.39. The number of carbonyl (C=O) groups is 2. The molecule has 1 fully saturated rings. The smallest absolute Gasteiger partial charge is 0.339 e. The molecule has 1 saturated heterocycles. The quantitative estimate of drug-likeness (QED) is 0.764. The number of para-hydroxylation sites is 1. The third-order valence-corrected chi connectivity index (χ3v) is 4.01. The van der Waals surface area contributed by atoms with Gasteiger partial charge in [0.2, 0.25) is 5.95 Å². The Balaban J connectivity index is 1.62. The highest BCUT2D eigenvalue weighted by Crippen LogP contribution is 2.17. The minimum atomic E-state index is -0.522. The number of nitrogens with zero attached hydrogens (tertiary/aromatic N) is 2. The highest BCUT2D eigenvalue weighted by molar-refractivity contribution is 6.07. The van der Waals surface area contributed by atoms with Crippen molar-refractivity contribution in [2.45, 2.75) is 18.9 Å². The van der Waals surface area contributed by atoms with Gasteiger partial charge in [-0.2, -0.15) is 0 Å². The average Bonchev–Trinajstić information content (AvgIpc) is 3.20. The van der Waals surface area contributed by atoms with Crippen molar-refractivity contribution >= 4 is 23.5 Å². The lowest BCUT2D eigenvalue weighted by atomic mass is 10.1. The molecule has 0 saturated carbocycles. The predicted molar refractivity (Wildman–Crippen MR) is 95.2 cm³/mol. The van der Waals surface area contributed by atoms with Crippen molar-refractivity contribution in [2.24, 2.45) is 0 Å². The van der Waals surface area contributed by atoms with Gasteiger partial charge in [0.05, 0.1) is 30.0 Å². The first-order valence-electron chi connectivity index (χ1n) is 8.33. The molecule has 8 nitrogen and oxygen atoms in total. The molecule has 3 rings (SSSR count). The van der Waals surface area contributed by atoms with Gasteiger partial charge in [0.25, 0.3) is 5.91 Å². The molecule has 1 unspecified atom stereocenters. The molecule has 2 N–H and O–H groups in total. The molecule has 1 aromatic carbocycles. The van der Waals surface area contributed by atoms with Crippen LogP contribution in [0.4, 0.5) is 11.6 Å². The highest BCUT2D eigenvalue weighted by Gasteiger charge is 2.16. The molecule has 0 radical (unpaired) electrons. The number of nitrogens with one attached hydrogen (secondary N) is 2. The molecule has 0 bridgehead atoms. The summed E-state index contributed by atoms with van der Waals surface area (Å²) in [5.74, 6) is -0.495. The van der Waals surface area contributed by atoms with Crippen molar-refractivity contribution < 1.29 is 19.1 Å². The van der Waals surface area contributed by atoms with Crippen LogP contribution in [0.3, 0.4) is 0 Å². The lowest BCUT2D eigenvalue weighted by Gasteiger charge is -2.11. The molecule has 26 heavy (non-hydrogen) atoms. The summed E-state index contributed by atoms with van der Waals surface area (Å²) < 4.78 is 10.2. The van der Waals surface area contributed by atoms with Crippen LogP contribution in [0.15, 0.2) is 36.7 Å². The number of carbonyl (C=O) groups excluding carboxylic acids is 2. The van der Waals surface area contributed by atoms with E-state index in [1.807, 2.05) is 0 Å². The Labute approximate surface area is 150 Å². The third-order valence-electron chi connectivity index (χ3n) is 4.01. The monoisotopic (exact) mass is 356 g/mol. The van der Waals surface area contributed by atoms with Crippen molar-refractivity contribution in [3.8, 4) is 0 Å². The van der Waals surface area contributed by atoms with Gasteiger partial charge in [0, 0.05) is 25.5 Å². The summed E-state index contributed by atoms with van der Waals surface area (Å²) >= 11 is 0. The normalized spacial score (nSPS) is 16.1. The highest BCUT2D eigenvalue weighted by atomic mass is 16.5. The summed E-state index contributed by atoms with van der Waals surface area (Å²) in [6.07, 6.45) is 5.13. The fourth-order valence-corrected chi connectivity index (χ4v) is 2.62. The summed E-state index contributed by atoms with van der Waals surface area (Å²) in [4.78, 5) is 32.4. The fourth-order valence-electron chi connectivity index (χ4n) is 2.62. The van der Waals surface area contributed by atoms with Crippen LogP contribution in [0, 0.1) is 0 Å². The molecule has 1 aliphatic rings. The van der Waals surface area contributed by atoms with Gasteiger partial charge < -0.3 is 20.1 Å². The topological polar surface area (TPSA) is 102 Å². The van der Waals surface area contributed by atoms with Gasteiger partial charge in [-0.25, -0.2) is 14.8 Å². The van der Waals surface area contributed by atoms with E-state index in [0.29, 0.717) is 18.2 Å². The lowest BCUT2D eigenvalue weighted by Crippen LogP contribution is -2.20. The fraction of sp³-hybridized carbons (Fsp3) is 0.333. The molecule has 1 amide bonds. The van der Waals surface area contributed by atoms with Crippen molar-refractivity contribution in [1.29, 1.82) is 0 Å². The largest absolute Gasteiger partial charge is 0.465 e. The second-order valence-corrected chi connectivity index (χ2v) is 5.80. The van der Waals surface area contributed by atoms with Crippen molar-refractivity contribution in [3.05, 3.63) is 47.8 Å². The van der Waals surface area contributed by atoms with E-state index in [4.69, 9.17) is 9.47 Å². The standard InChI is InChI=1S/C18H20N4O4/c1-25-17(24)14-6-2-3-7-15(14)22-16(23)12-9-19-18(20-10-12)21-11-13-5-4-8-26-13/h2-3,6-7,9-10,13H,4-5,8,11H2,1H3,(H,22,23)(H,19,20,21). The number of hydrogen-bond donors (Lipinski definition) is 2. The summed E-state index contributed by atoms with van der Waals surface area (Å²) in [7, 11) is 1.29. The van der Waals surface area contributed by atoms with E-state index < -0.39 is 11.9 Å². The first kappa shape index (κ1) is 17.8. The molecule has 2 aromatic rings. The molecule has 136 valence electrons. The van der Waals surface area contributed by atoms with Gasteiger partial charge in [0.1, 0.15) is 0 Å². The number of hydrogen-bond acceptors (Lipinski definition) is 7. The maximum Gasteiger partial charge on any atom is 0.339 e. The van der Waals surface area contributed by atoms with E-state index in [9.17, 15) is 9.59 Å². The minimum absolute atomic E-state index is 0.177. The molecular formula is C18H20N4O4. The first-order valence-corrected chi connectivity index (χ1v) is 8.33. The van der Waals surface area contributed by atoms with Crippen LogP contribution in [0.25, 0.3) is 0 Å². The van der Waals surface area contributed by atoms with Crippen LogP contribution in [0.1, 0.15) is 33.6 Å². The number of aromatic nitrogens is 2. The van der Waals surface area contributed by atoms with Gasteiger partial charge in [-0.3, -0.25) is 4.79 Å². The van der Waals surface area contributed by atoms with Gasteiger partial charge in [-0.05, 0) is 25.0 Å². The Hall–Kier alpha value is -3.00. The van der Waals surface area contributed by atoms with Crippen LogP contribution < -0.4 is 10.6 Å². The lowest BCUT2D eigenvalue weighted by molar-refractivity contribution is 0.0602. The summed E-state index contributed by atoms with van der Waals surface area (Å²) in [6.45, 7) is 1.43. The molecule has 2 heterocycles. The number of esters is 1. The van der Waals surface area contributed by atoms with E-state index in [0.717, 1.165) is 19.4 Å². The molecule has 1 aliphatic heterocycles. The number of amides is 1. The van der Waals surface area contributed by atoms with E-state index in [1.165, 1.54) is 19.5 Å². The average molecular weight is 356 g/mol. The van der Waals surface area contributed by atoms with Gasteiger partial charge >= 0.3 is 5.97 Å². The minimum Gasteiger partial charge on any atom is -0.465 e. The van der Waals surface area contributed by atoms with E-state index in [2.05, 4.69) is 20.6 Å². The first-order chi connectivity index (χ1) is 12.7. The number of rotatable bonds is 6. The van der Waals surface area contributed by atoms with Crippen LogP contribution >= 0.6 is 0 Å². The SMILES string of the molecule is COC(=O)c1ccccc1NC(=O)c1cnc(NCC2CCCO2)nc1. The summed E-state index contributed by atoms with van der Waals surface area (Å²) in [5, 5.41) is 5.77. The van der Waals surface area contributed by atoms with Crippen LogP contribution in [0.5, 0.6) is 0 Å². The van der Waals surface area contributed by atoms with Gasteiger partial charge in [0.15, 0.2) is 0 Å². The van der Waals surface area contributed by atoms with E-state index >= 15 is 0 Å². The van der Waals surface area contributed by atoms with E-state index in [1.54, 1.807) is 24.3 Å². The zero-order valence-corrected chi connectivity index (χ0v) is 14.4. The molecule has 1 atom stereocenters. The zero-order chi connectivity index (χ0) is 18.4. The Bertz CT molecular complexity index is 773. The summed E-state index contributed by atoms with van der Waals surface area (Å²) in [6, 6.07) is 6.62. The molecule has 0 aliphatic carbocycles. The second-order valence-electron chi connectivity index (χ2n) is 5.80. The number of ether oxygens (including phenoxy) is 2. The Morgan fingerprint density at radius 2 is 2.04 bits per heavy atom. The van der Waals surface area contributed by atoms with Crippen molar-refractivity contribution in [3.63, 3.8) is 0 Å². The number of benzene rings is 1. The molecule has 8 heteroatoms. The van der Waals surface area contributed by atoms with Crippen LogP contribution in [-0.2, 0) is 9.47 Å². The Kier molecular flexibility index (Phi) is 5.75.